The number of hydrogen-bond acceptors (Lipinski definition) is 1. The highest BCUT2D eigenvalue weighted by atomic mass is 32.1. The van der Waals surface area contributed by atoms with E-state index >= 15 is 0 Å². The molecule has 0 unspecified atom stereocenters. The summed E-state index contributed by atoms with van der Waals surface area (Å²) in [5.74, 6) is 0. The molecule has 0 heterocycles. The lowest BCUT2D eigenvalue weighted by Gasteiger charge is -2.18. The Balaban J connectivity index is 2.01. The molecule has 2 nitrogen and oxygen atoms in total. The molecule has 0 fully saturated rings. The van der Waals surface area contributed by atoms with Gasteiger partial charge in [0, 0.05) is 5.69 Å². The number of rotatable bonds is 3. The molecule has 2 aromatic carbocycles. The molecule has 0 radical (unpaired) electrons. The van der Waals surface area contributed by atoms with Crippen molar-refractivity contribution >= 4 is 23.0 Å². The molecule has 0 saturated carbocycles. The average Bonchev–Trinajstić information content (AvgIpc) is 2.43. The van der Waals surface area contributed by atoms with Crippen LogP contribution in [0.15, 0.2) is 42.5 Å². The van der Waals surface area contributed by atoms with E-state index < -0.39 is 0 Å². The van der Waals surface area contributed by atoms with Crippen LogP contribution in [0.2, 0.25) is 0 Å². The van der Waals surface area contributed by atoms with Gasteiger partial charge in [-0.25, -0.2) is 0 Å². The third-order valence-electron chi connectivity index (χ3n) is 3.57. The fourth-order valence-electron chi connectivity index (χ4n) is 2.16. The van der Waals surface area contributed by atoms with Gasteiger partial charge in [0.15, 0.2) is 5.11 Å². The zero-order valence-electron chi connectivity index (χ0n) is 13.0. The van der Waals surface area contributed by atoms with Crippen LogP contribution in [0, 0.1) is 20.8 Å². The van der Waals surface area contributed by atoms with Crippen molar-refractivity contribution in [3.05, 3.63) is 64.7 Å². The zero-order chi connectivity index (χ0) is 15.4. The largest absolute Gasteiger partial charge is 0.356 e. The first-order chi connectivity index (χ1) is 9.95. The van der Waals surface area contributed by atoms with E-state index in [0.717, 1.165) is 5.69 Å². The highest BCUT2D eigenvalue weighted by Gasteiger charge is 2.08. The van der Waals surface area contributed by atoms with Gasteiger partial charge in [-0.05, 0) is 62.7 Å². The van der Waals surface area contributed by atoms with Crippen LogP contribution in [0.4, 0.5) is 5.69 Å². The summed E-state index contributed by atoms with van der Waals surface area (Å²) in [6.07, 6.45) is 0. The van der Waals surface area contributed by atoms with Gasteiger partial charge in [-0.2, -0.15) is 0 Å². The van der Waals surface area contributed by atoms with Crippen LogP contribution in [-0.4, -0.2) is 5.11 Å². The Morgan fingerprint density at radius 2 is 1.57 bits per heavy atom. The van der Waals surface area contributed by atoms with Crippen molar-refractivity contribution in [2.24, 2.45) is 0 Å². The molecule has 1 atom stereocenters. The quantitative estimate of drug-likeness (QED) is 0.806. The molecule has 3 heteroatoms. The van der Waals surface area contributed by atoms with Gasteiger partial charge in [0.2, 0.25) is 0 Å². The fourth-order valence-corrected chi connectivity index (χ4v) is 2.45. The van der Waals surface area contributed by atoms with E-state index in [1.165, 1.54) is 22.3 Å². The van der Waals surface area contributed by atoms with E-state index in [0.29, 0.717) is 5.11 Å². The van der Waals surface area contributed by atoms with E-state index in [1.807, 2.05) is 0 Å². The summed E-state index contributed by atoms with van der Waals surface area (Å²) < 4.78 is 0. The number of aryl methyl sites for hydroxylation is 3. The first-order valence-electron chi connectivity index (χ1n) is 7.17. The van der Waals surface area contributed by atoms with Crippen LogP contribution in [0.25, 0.3) is 0 Å². The van der Waals surface area contributed by atoms with Gasteiger partial charge >= 0.3 is 0 Å². The molecule has 0 bridgehead atoms. The average molecular weight is 298 g/mol. The molecule has 0 spiro atoms. The Morgan fingerprint density at radius 3 is 2.24 bits per heavy atom. The maximum atomic E-state index is 5.42. The Bertz CT molecular complexity index is 632. The van der Waals surface area contributed by atoms with Crippen molar-refractivity contribution in [3.63, 3.8) is 0 Å². The SMILES string of the molecule is Cc1ccc([C@@H](C)NC(=S)Nc2cc(C)ccc2C)cc1. The van der Waals surface area contributed by atoms with Gasteiger partial charge in [-0.1, -0.05) is 42.0 Å². The second kappa shape index (κ2) is 6.72. The highest BCUT2D eigenvalue weighted by molar-refractivity contribution is 7.80. The van der Waals surface area contributed by atoms with Crippen LogP contribution in [0.1, 0.15) is 35.2 Å². The summed E-state index contributed by atoms with van der Waals surface area (Å²) in [4.78, 5) is 0. The van der Waals surface area contributed by atoms with E-state index in [-0.39, 0.29) is 6.04 Å². The molecular formula is C18H22N2S. The summed E-state index contributed by atoms with van der Waals surface area (Å²) in [7, 11) is 0. The summed E-state index contributed by atoms with van der Waals surface area (Å²) in [5.41, 5.74) is 5.96. The predicted octanol–water partition coefficient (Wildman–Crippen LogP) is 4.66. The number of thiocarbonyl (C=S) groups is 1. The number of anilines is 1. The number of benzene rings is 2. The van der Waals surface area contributed by atoms with Crippen LogP contribution >= 0.6 is 12.2 Å². The molecule has 2 aromatic rings. The van der Waals surface area contributed by atoms with Crippen LogP contribution in [0.3, 0.4) is 0 Å². The lowest BCUT2D eigenvalue weighted by Crippen LogP contribution is -2.31. The molecule has 21 heavy (non-hydrogen) atoms. The molecule has 2 N–H and O–H groups in total. The molecule has 0 aromatic heterocycles. The molecule has 0 amide bonds. The third kappa shape index (κ3) is 4.30. The van der Waals surface area contributed by atoms with Crippen molar-refractivity contribution in [2.45, 2.75) is 33.7 Å². The lowest BCUT2D eigenvalue weighted by molar-refractivity contribution is 0.722. The highest BCUT2D eigenvalue weighted by Crippen LogP contribution is 2.17. The zero-order valence-corrected chi connectivity index (χ0v) is 13.8. The Kier molecular flexibility index (Phi) is 4.97. The van der Waals surface area contributed by atoms with Gasteiger partial charge in [-0.15, -0.1) is 0 Å². The minimum Gasteiger partial charge on any atom is -0.356 e. The summed E-state index contributed by atoms with van der Waals surface area (Å²) in [5, 5.41) is 7.26. The van der Waals surface area contributed by atoms with E-state index in [2.05, 4.69) is 80.8 Å². The summed E-state index contributed by atoms with van der Waals surface area (Å²) in [6.45, 7) is 8.36. The van der Waals surface area contributed by atoms with Crippen molar-refractivity contribution in [1.82, 2.24) is 5.32 Å². The van der Waals surface area contributed by atoms with Gasteiger partial charge in [-0.3, -0.25) is 0 Å². The molecule has 0 aliphatic carbocycles. The summed E-state index contributed by atoms with van der Waals surface area (Å²) in [6, 6.07) is 15.0. The van der Waals surface area contributed by atoms with Gasteiger partial charge < -0.3 is 10.6 Å². The smallest absolute Gasteiger partial charge is 0.171 e. The molecule has 0 saturated heterocycles. The predicted molar refractivity (Wildman–Crippen MR) is 94.9 cm³/mol. The van der Waals surface area contributed by atoms with Gasteiger partial charge in [0.25, 0.3) is 0 Å². The molecular weight excluding hydrogens is 276 g/mol. The van der Waals surface area contributed by atoms with Gasteiger partial charge in [0.1, 0.15) is 0 Å². The van der Waals surface area contributed by atoms with Crippen molar-refractivity contribution < 1.29 is 0 Å². The van der Waals surface area contributed by atoms with E-state index in [4.69, 9.17) is 12.2 Å². The second-order valence-electron chi connectivity index (χ2n) is 5.55. The fraction of sp³-hybridized carbons (Fsp3) is 0.278. The molecule has 2 rings (SSSR count). The Labute approximate surface area is 132 Å². The van der Waals surface area contributed by atoms with Crippen molar-refractivity contribution in [1.29, 1.82) is 0 Å². The van der Waals surface area contributed by atoms with Crippen LogP contribution in [-0.2, 0) is 0 Å². The molecule has 0 aliphatic heterocycles. The van der Waals surface area contributed by atoms with Crippen LogP contribution in [0.5, 0.6) is 0 Å². The van der Waals surface area contributed by atoms with E-state index in [9.17, 15) is 0 Å². The normalized spacial score (nSPS) is 11.8. The molecule has 0 aliphatic rings. The minimum atomic E-state index is 0.177. The Hall–Kier alpha value is -1.87. The first-order valence-corrected chi connectivity index (χ1v) is 7.58. The molecule has 110 valence electrons. The third-order valence-corrected chi connectivity index (χ3v) is 3.79. The minimum absolute atomic E-state index is 0.177. The summed E-state index contributed by atoms with van der Waals surface area (Å²) >= 11 is 5.42. The standard InChI is InChI=1S/C18H22N2S/c1-12-6-9-16(10-7-12)15(4)19-18(21)20-17-11-13(2)5-8-14(17)3/h5-11,15H,1-4H3,(H2,19,20,21)/t15-/m1/s1. The van der Waals surface area contributed by atoms with Gasteiger partial charge in [0.05, 0.1) is 6.04 Å². The second-order valence-corrected chi connectivity index (χ2v) is 5.96. The van der Waals surface area contributed by atoms with Crippen LogP contribution < -0.4 is 10.6 Å². The van der Waals surface area contributed by atoms with Crippen molar-refractivity contribution in [3.8, 4) is 0 Å². The maximum absolute atomic E-state index is 5.42. The Morgan fingerprint density at radius 1 is 0.952 bits per heavy atom. The topological polar surface area (TPSA) is 24.1 Å². The monoisotopic (exact) mass is 298 g/mol. The van der Waals surface area contributed by atoms with Crippen molar-refractivity contribution in [2.75, 3.05) is 5.32 Å². The van der Waals surface area contributed by atoms with E-state index in [1.54, 1.807) is 0 Å². The number of hydrogen-bond donors (Lipinski definition) is 2. The maximum Gasteiger partial charge on any atom is 0.171 e. The number of nitrogens with one attached hydrogen (secondary N) is 2. The lowest BCUT2D eigenvalue weighted by atomic mass is 10.1. The first kappa shape index (κ1) is 15.5.